The van der Waals surface area contributed by atoms with Crippen molar-refractivity contribution in [1.82, 2.24) is 15.2 Å². The number of nitrogens with one attached hydrogen (secondary N) is 1. The second-order valence-corrected chi connectivity index (χ2v) is 9.71. The van der Waals surface area contributed by atoms with E-state index in [0.29, 0.717) is 36.3 Å². The van der Waals surface area contributed by atoms with Crippen molar-refractivity contribution in [3.8, 4) is 0 Å². The predicted molar refractivity (Wildman–Crippen MR) is 143 cm³/mol. The summed E-state index contributed by atoms with van der Waals surface area (Å²) in [5.41, 5.74) is 3.23. The number of nitrogens with zero attached hydrogens (tertiary/aromatic N) is 2. The summed E-state index contributed by atoms with van der Waals surface area (Å²) in [6.07, 6.45) is 4.16. The van der Waals surface area contributed by atoms with Crippen molar-refractivity contribution in [3.63, 3.8) is 0 Å². The van der Waals surface area contributed by atoms with Crippen molar-refractivity contribution in [3.05, 3.63) is 105 Å². The highest BCUT2D eigenvalue weighted by Crippen LogP contribution is 2.25. The summed E-state index contributed by atoms with van der Waals surface area (Å²) in [5.74, 6) is -2.41. The number of rotatable bonds is 7. The third-order valence-corrected chi connectivity index (χ3v) is 6.93. The van der Waals surface area contributed by atoms with Gasteiger partial charge in [0.25, 0.3) is 11.8 Å². The molecule has 1 atom stereocenters. The number of halogens is 3. The van der Waals surface area contributed by atoms with E-state index >= 15 is 0 Å². The molecule has 0 saturated heterocycles. The van der Waals surface area contributed by atoms with Crippen LogP contribution in [0.3, 0.4) is 0 Å². The normalized spacial score (nSPS) is 14.0. The quantitative estimate of drug-likeness (QED) is 0.417. The summed E-state index contributed by atoms with van der Waals surface area (Å²) in [5, 5.41) is 12.3. The molecule has 2 aromatic carbocycles. The van der Waals surface area contributed by atoms with Crippen LogP contribution in [-0.4, -0.2) is 51.9 Å². The fourth-order valence-corrected chi connectivity index (χ4v) is 4.73. The van der Waals surface area contributed by atoms with Crippen molar-refractivity contribution < 1.29 is 23.9 Å². The first kappa shape index (κ1) is 27.3. The van der Waals surface area contributed by atoms with Crippen LogP contribution in [0.15, 0.2) is 60.8 Å². The van der Waals surface area contributed by atoms with E-state index in [2.05, 4.69) is 10.3 Å². The minimum atomic E-state index is -1.24. The van der Waals surface area contributed by atoms with Crippen molar-refractivity contribution in [2.45, 2.75) is 25.8 Å². The molecule has 10 heteroatoms. The minimum absolute atomic E-state index is 0.0108. The van der Waals surface area contributed by atoms with E-state index in [4.69, 9.17) is 23.2 Å². The van der Waals surface area contributed by atoms with Gasteiger partial charge >= 0.3 is 5.97 Å². The smallest absolute Gasteiger partial charge is 0.326 e. The van der Waals surface area contributed by atoms with Gasteiger partial charge in [-0.25, -0.2) is 9.18 Å². The lowest BCUT2D eigenvalue weighted by atomic mass is 9.99. The molecule has 0 saturated carbocycles. The Hall–Kier alpha value is -3.75. The van der Waals surface area contributed by atoms with E-state index in [0.717, 1.165) is 11.1 Å². The lowest BCUT2D eigenvalue weighted by Gasteiger charge is -2.27. The van der Waals surface area contributed by atoms with Crippen LogP contribution in [-0.2, 0) is 11.2 Å². The molecule has 0 bridgehead atoms. The van der Waals surface area contributed by atoms with Gasteiger partial charge in [0.15, 0.2) is 0 Å². The van der Waals surface area contributed by atoms with Gasteiger partial charge < -0.3 is 15.3 Å². The number of aliphatic carboxylic acids is 1. The second-order valence-electron chi connectivity index (χ2n) is 8.90. The van der Waals surface area contributed by atoms with Crippen LogP contribution < -0.4 is 5.32 Å². The first-order valence-electron chi connectivity index (χ1n) is 11.8. The number of benzene rings is 2. The Bertz CT molecular complexity index is 1410. The maximum atomic E-state index is 13.5. The van der Waals surface area contributed by atoms with Crippen LogP contribution in [0.25, 0.3) is 5.57 Å². The Kier molecular flexibility index (Phi) is 8.44. The summed E-state index contributed by atoms with van der Waals surface area (Å²) in [6, 6.07) is 11.2. The topological polar surface area (TPSA) is 99.6 Å². The Labute approximate surface area is 228 Å². The Morgan fingerprint density at radius 2 is 1.87 bits per heavy atom. The fraction of sp³-hybridized carbons (Fsp3) is 0.214. The van der Waals surface area contributed by atoms with E-state index in [1.807, 2.05) is 12.1 Å². The number of hydrogen-bond donors (Lipinski definition) is 2. The van der Waals surface area contributed by atoms with E-state index in [1.54, 1.807) is 36.2 Å². The van der Waals surface area contributed by atoms with Gasteiger partial charge in [0.1, 0.15) is 11.9 Å². The molecule has 38 heavy (non-hydrogen) atoms. The molecule has 0 spiro atoms. The molecule has 0 unspecified atom stereocenters. The lowest BCUT2D eigenvalue weighted by molar-refractivity contribution is -0.139. The van der Waals surface area contributed by atoms with Crippen LogP contribution in [0.4, 0.5) is 4.39 Å². The molecule has 2 N–H and O–H groups in total. The molecule has 0 fully saturated rings. The Morgan fingerprint density at radius 3 is 2.45 bits per heavy atom. The minimum Gasteiger partial charge on any atom is -0.480 e. The number of pyridine rings is 1. The molecule has 196 valence electrons. The highest BCUT2D eigenvalue weighted by Gasteiger charge is 2.25. The van der Waals surface area contributed by atoms with E-state index in [1.165, 1.54) is 24.3 Å². The highest BCUT2D eigenvalue weighted by molar-refractivity contribution is 6.39. The molecular formula is C28H24Cl2FN3O4. The molecule has 0 aliphatic carbocycles. The maximum absolute atomic E-state index is 13.5. The SMILES string of the molecule is Cc1cc(C(=O)N2CC=C(c3ccc(C[C@H](NC(=O)c4c(Cl)cccc4Cl)C(=O)O)nc3)CC2)ccc1F. The zero-order chi connectivity index (χ0) is 27.4. The van der Waals surface area contributed by atoms with E-state index in [-0.39, 0.29) is 33.8 Å². The number of aryl methyl sites for hydroxylation is 1. The zero-order valence-corrected chi connectivity index (χ0v) is 21.9. The lowest BCUT2D eigenvalue weighted by Crippen LogP contribution is -2.42. The number of carbonyl (C=O) groups excluding carboxylic acids is 2. The predicted octanol–water partition coefficient (Wildman–Crippen LogP) is 5.19. The van der Waals surface area contributed by atoms with Crippen LogP contribution in [0.1, 0.15) is 44.0 Å². The first-order chi connectivity index (χ1) is 18.1. The average molecular weight is 556 g/mol. The first-order valence-corrected chi connectivity index (χ1v) is 12.6. The molecule has 2 amide bonds. The Balaban J connectivity index is 1.40. The fourth-order valence-electron chi connectivity index (χ4n) is 4.17. The molecule has 3 aromatic rings. The van der Waals surface area contributed by atoms with Crippen molar-refractivity contribution in [1.29, 1.82) is 0 Å². The van der Waals surface area contributed by atoms with Gasteiger partial charge in [-0.2, -0.15) is 0 Å². The van der Waals surface area contributed by atoms with Gasteiger partial charge in [0.2, 0.25) is 0 Å². The number of carboxylic acid groups (broad SMARTS) is 1. The molecule has 1 aliphatic heterocycles. The van der Waals surface area contributed by atoms with Gasteiger partial charge in [0, 0.05) is 37.0 Å². The highest BCUT2D eigenvalue weighted by atomic mass is 35.5. The average Bonchev–Trinajstić information content (AvgIpc) is 2.90. The summed E-state index contributed by atoms with van der Waals surface area (Å²) in [4.78, 5) is 43.3. The van der Waals surface area contributed by atoms with E-state index < -0.39 is 17.9 Å². The number of hydrogen-bond acceptors (Lipinski definition) is 4. The maximum Gasteiger partial charge on any atom is 0.326 e. The van der Waals surface area contributed by atoms with Gasteiger partial charge in [-0.05, 0) is 66.4 Å². The van der Waals surface area contributed by atoms with Crippen LogP contribution in [0.2, 0.25) is 10.0 Å². The summed E-state index contributed by atoms with van der Waals surface area (Å²) in [7, 11) is 0. The van der Waals surface area contributed by atoms with Crippen LogP contribution in [0.5, 0.6) is 0 Å². The summed E-state index contributed by atoms with van der Waals surface area (Å²) >= 11 is 12.1. The molecule has 1 aromatic heterocycles. The Morgan fingerprint density at radius 1 is 1.13 bits per heavy atom. The van der Waals surface area contributed by atoms with Crippen molar-refractivity contribution >= 4 is 46.6 Å². The summed E-state index contributed by atoms with van der Waals surface area (Å²) in [6.45, 7) is 2.53. The molecule has 2 heterocycles. The van der Waals surface area contributed by atoms with Crippen LogP contribution in [0, 0.1) is 12.7 Å². The third-order valence-electron chi connectivity index (χ3n) is 6.30. The van der Waals surface area contributed by atoms with E-state index in [9.17, 15) is 23.9 Å². The second kappa shape index (κ2) is 11.8. The molecule has 0 radical (unpaired) electrons. The largest absolute Gasteiger partial charge is 0.480 e. The number of carboxylic acids is 1. The molecule has 7 nitrogen and oxygen atoms in total. The van der Waals surface area contributed by atoms with Crippen molar-refractivity contribution in [2.24, 2.45) is 0 Å². The summed E-state index contributed by atoms with van der Waals surface area (Å²) < 4.78 is 13.5. The zero-order valence-electron chi connectivity index (χ0n) is 20.4. The third kappa shape index (κ3) is 6.20. The molecular weight excluding hydrogens is 532 g/mol. The molecule has 1 aliphatic rings. The number of amides is 2. The number of aromatic nitrogens is 1. The molecule has 4 rings (SSSR count). The van der Waals surface area contributed by atoms with Gasteiger partial charge in [0.05, 0.1) is 15.6 Å². The van der Waals surface area contributed by atoms with Gasteiger partial charge in [-0.3, -0.25) is 14.6 Å². The van der Waals surface area contributed by atoms with Crippen LogP contribution >= 0.6 is 23.2 Å². The van der Waals surface area contributed by atoms with Gasteiger partial charge in [-0.15, -0.1) is 0 Å². The number of carbonyl (C=O) groups is 3. The van der Waals surface area contributed by atoms with Crippen molar-refractivity contribution in [2.75, 3.05) is 13.1 Å². The standard InChI is InChI=1S/C28H24Cl2FN3O4/c1-16-13-18(6-8-23(16)31)27(36)34-11-9-17(10-12-34)19-5-7-20(32-15-19)14-24(28(37)38)33-26(35)25-21(29)3-2-4-22(25)30/h2-9,13,15,24H,10-12,14H2,1H3,(H,33,35)(H,37,38)/t24-/m0/s1. The monoisotopic (exact) mass is 555 g/mol. The van der Waals surface area contributed by atoms with Gasteiger partial charge in [-0.1, -0.05) is 41.4 Å².